The number of thioether (sulfide) groups is 1. The second kappa shape index (κ2) is 7.57. The number of hydrogen-bond donors (Lipinski definition) is 2. The van der Waals surface area contributed by atoms with Crippen molar-refractivity contribution in [2.75, 3.05) is 5.32 Å². The van der Waals surface area contributed by atoms with Gasteiger partial charge in [0.05, 0.1) is 20.8 Å². The van der Waals surface area contributed by atoms with E-state index in [-0.39, 0.29) is 11.2 Å². The van der Waals surface area contributed by atoms with Gasteiger partial charge in [-0.25, -0.2) is 4.98 Å². The van der Waals surface area contributed by atoms with Crippen molar-refractivity contribution in [2.45, 2.75) is 17.3 Å². The molecule has 0 fully saturated rings. The first kappa shape index (κ1) is 17.3. The van der Waals surface area contributed by atoms with E-state index < -0.39 is 0 Å². The number of anilines is 1. The largest absolute Gasteiger partial charge is 0.324 e. The smallest absolute Gasteiger partial charge is 0.237 e. The molecule has 5 nitrogen and oxygen atoms in total. The lowest BCUT2D eigenvalue weighted by Gasteiger charge is -2.11. The zero-order valence-corrected chi connectivity index (χ0v) is 15.6. The van der Waals surface area contributed by atoms with Crippen LogP contribution in [0.4, 0.5) is 5.69 Å². The molecular formula is C15H12Cl2N4OS2. The average Bonchev–Trinajstić information content (AvgIpc) is 3.20. The second-order valence-electron chi connectivity index (χ2n) is 4.82. The molecule has 9 heteroatoms. The molecule has 0 aliphatic rings. The molecule has 2 N–H and O–H groups in total. The molecule has 2 heterocycles. The number of thiophene rings is 1. The SMILES string of the molecule is CC(Sc1n[nH]c(-c2cccs2)n1)C(=O)Nc1ccc(Cl)cc1Cl. The van der Waals surface area contributed by atoms with Gasteiger partial charge in [-0.05, 0) is 36.6 Å². The summed E-state index contributed by atoms with van der Waals surface area (Å²) in [6.45, 7) is 1.78. The zero-order valence-electron chi connectivity index (χ0n) is 12.4. The quantitative estimate of drug-likeness (QED) is 0.595. The lowest BCUT2D eigenvalue weighted by atomic mass is 10.3. The van der Waals surface area contributed by atoms with Gasteiger partial charge in [0.2, 0.25) is 11.1 Å². The molecule has 2 aromatic heterocycles. The summed E-state index contributed by atoms with van der Waals surface area (Å²) in [5.74, 6) is 0.507. The van der Waals surface area contributed by atoms with Crippen LogP contribution in [0.2, 0.25) is 10.0 Å². The molecule has 24 heavy (non-hydrogen) atoms. The standard InChI is InChI=1S/C15H12Cl2N4OS2/c1-8(14(22)18-11-5-4-9(16)7-10(11)17)24-15-19-13(20-21-15)12-3-2-6-23-12/h2-8H,1H3,(H,18,22)(H,19,20,21). The fraction of sp³-hybridized carbons (Fsp3) is 0.133. The molecule has 0 aliphatic carbocycles. The molecular weight excluding hydrogens is 387 g/mol. The number of carbonyl (C=O) groups excluding carboxylic acids is 1. The Kier molecular flexibility index (Phi) is 5.45. The molecule has 124 valence electrons. The Morgan fingerprint density at radius 1 is 1.38 bits per heavy atom. The maximum atomic E-state index is 12.3. The van der Waals surface area contributed by atoms with Gasteiger partial charge in [0, 0.05) is 5.02 Å². The highest BCUT2D eigenvalue weighted by Gasteiger charge is 2.18. The van der Waals surface area contributed by atoms with Crippen molar-refractivity contribution in [1.29, 1.82) is 0 Å². The lowest BCUT2D eigenvalue weighted by molar-refractivity contribution is -0.115. The molecule has 1 atom stereocenters. The van der Waals surface area contributed by atoms with Crippen LogP contribution >= 0.6 is 46.3 Å². The number of halogens is 2. The molecule has 1 amide bonds. The fourth-order valence-electron chi connectivity index (χ4n) is 1.86. The number of carbonyl (C=O) groups is 1. The summed E-state index contributed by atoms with van der Waals surface area (Å²) in [5, 5.41) is 12.8. The predicted molar refractivity (Wildman–Crippen MR) is 100 cm³/mol. The Hall–Kier alpha value is -1.54. The van der Waals surface area contributed by atoms with Crippen LogP contribution in [0, 0.1) is 0 Å². The highest BCUT2D eigenvalue weighted by Crippen LogP contribution is 2.28. The Balaban J connectivity index is 1.64. The number of aromatic amines is 1. The Labute approximate surface area is 156 Å². The summed E-state index contributed by atoms with van der Waals surface area (Å²) in [4.78, 5) is 17.7. The van der Waals surface area contributed by atoms with E-state index in [9.17, 15) is 4.79 Å². The van der Waals surface area contributed by atoms with E-state index in [0.717, 1.165) is 4.88 Å². The Morgan fingerprint density at radius 3 is 2.92 bits per heavy atom. The van der Waals surface area contributed by atoms with Crippen molar-refractivity contribution in [3.05, 3.63) is 45.8 Å². The first-order valence-corrected chi connectivity index (χ1v) is 9.43. The average molecular weight is 399 g/mol. The minimum absolute atomic E-state index is 0.188. The predicted octanol–water partition coefficient (Wildman–Crippen LogP) is 4.96. The van der Waals surface area contributed by atoms with E-state index in [1.54, 1.807) is 36.5 Å². The molecule has 0 radical (unpaired) electrons. The number of H-pyrrole nitrogens is 1. The summed E-state index contributed by atoms with van der Waals surface area (Å²) in [5.41, 5.74) is 0.521. The van der Waals surface area contributed by atoms with Crippen LogP contribution in [0.25, 0.3) is 10.7 Å². The van der Waals surface area contributed by atoms with E-state index in [2.05, 4.69) is 20.5 Å². The molecule has 0 saturated carbocycles. The van der Waals surface area contributed by atoms with Crippen molar-refractivity contribution < 1.29 is 4.79 Å². The van der Waals surface area contributed by atoms with Crippen molar-refractivity contribution in [2.24, 2.45) is 0 Å². The van der Waals surface area contributed by atoms with Gasteiger partial charge < -0.3 is 5.32 Å². The van der Waals surface area contributed by atoms with Crippen molar-refractivity contribution in [3.8, 4) is 10.7 Å². The molecule has 0 saturated heterocycles. The van der Waals surface area contributed by atoms with Crippen LogP contribution < -0.4 is 5.32 Å². The lowest BCUT2D eigenvalue weighted by Crippen LogP contribution is -2.22. The second-order valence-corrected chi connectivity index (χ2v) is 7.92. The topological polar surface area (TPSA) is 70.7 Å². The fourth-order valence-corrected chi connectivity index (χ4v) is 3.70. The van der Waals surface area contributed by atoms with Crippen LogP contribution in [0.3, 0.4) is 0 Å². The highest BCUT2D eigenvalue weighted by atomic mass is 35.5. The Bertz CT molecular complexity index is 851. The number of aromatic nitrogens is 3. The summed E-state index contributed by atoms with van der Waals surface area (Å²) in [6.07, 6.45) is 0. The van der Waals surface area contributed by atoms with Crippen LogP contribution in [0.5, 0.6) is 0 Å². The van der Waals surface area contributed by atoms with Crippen LogP contribution in [-0.4, -0.2) is 26.3 Å². The number of nitrogens with zero attached hydrogens (tertiary/aromatic N) is 2. The van der Waals surface area contributed by atoms with Crippen molar-refractivity contribution >= 4 is 57.9 Å². The normalized spacial score (nSPS) is 12.1. The first-order chi connectivity index (χ1) is 11.5. The third-order valence-electron chi connectivity index (χ3n) is 3.06. The van der Waals surface area contributed by atoms with Gasteiger partial charge in [-0.2, -0.15) is 0 Å². The minimum Gasteiger partial charge on any atom is -0.324 e. The zero-order chi connectivity index (χ0) is 17.1. The monoisotopic (exact) mass is 398 g/mol. The van der Waals surface area contributed by atoms with E-state index in [4.69, 9.17) is 23.2 Å². The number of nitrogens with one attached hydrogen (secondary N) is 2. The van der Waals surface area contributed by atoms with Crippen LogP contribution in [0.15, 0.2) is 40.9 Å². The highest BCUT2D eigenvalue weighted by molar-refractivity contribution is 8.00. The van der Waals surface area contributed by atoms with E-state index in [0.29, 0.717) is 26.7 Å². The van der Waals surface area contributed by atoms with Gasteiger partial charge in [0.1, 0.15) is 0 Å². The summed E-state index contributed by atoms with van der Waals surface area (Å²) >= 11 is 14.8. The van der Waals surface area contributed by atoms with Gasteiger partial charge in [0.15, 0.2) is 5.82 Å². The van der Waals surface area contributed by atoms with Crippen LogP contribution in [-0.2, 0) is 4.79 Å². The summed E-state index contributed by atoms with van der Waals surface area (Å²) in [6, 6.07) is 8.82. The van der Waals surface area contributed by atoms with Gasteiger partial charge in [-0.15, -0.1) is 16.4 Å². The summed E-state index contributed by atoms with van der Waals surface area (Å²) < 4.78 is 0. The third kappa shape index (κ3) is 4.10. The molecule has 0 spiro atoms. The maximum absolute atomic E-state index is 12.3. The van der Waals surface area contributed by atoms with E-state index >= 15 is 0 Å². The van der Waals surface area contributed by atoms with E-state index in [1.807, 2.05) is 17.5 Å². The number of amides is 1. The molecule has 0 bridgehead atoms. The number of rotatable bonds is 5. The van der Waals surface area contributed by atoms with Gasteiger partial charge >= 0.3 is 0 Å². The summed E-state index contributed by atoms with van der Waals surface area (Å²) in [7, 11) is 0. The minimum atomic E-state index is -0.385. The van der Waals surface area contributed by atoms with Gasteiger partial charge in [-0.3, -0.25) is 9.89 Å². The molecule has 0 aliphatic heterocycles. The van der Waals surface area contributed by atoms with Crippen LogP contribution in [0.1, 0.15) is 6.92 Å². The number of benzene rings is 1. The first-order valence-electron chi connectivity index (χ1n) is 6.92. The maximum Gasteiger partial charge on any atom is 0.237 e. The molecule has 1 unspecified atom stereocenters. The third-order valence-corrected chi connectivity index (χ3v) is 5.45. The van der Waals surface area contributed by atoms with Crippen molar-refractivity contribution in [3.63, 3.8) is 0 Å². The number of hydrogen-bond acceptors (Lipinski definition) is 5. The van der Waals surface area contributed by atoms with Gasteiger partial charge in [0.25, 0.3) is 0 Å². The molecule has 3 rings (SSSR count). The van der Waals surface area contributed by atoms with Gasteiger partial charge in [-0.1, -0.05) is 41.0 Å². The Morgan fingerprint density at radius 2 is 2.21 bits per heavy atom. The molecule has 3 aromatic rings. The van der Waals surface area contributed by atoms with E-state index in [1.165, 1.54) is 11.8 Å². The van der Waals surface area contributed by atoms with Crippen molar-refractivity contribution in [1.82, 2.24) is 15.2 Å². The molecule has 1 aromatic carbocycles.